The summed E-state index contributed by atoms with van der Waals surface area (Å²) in [6.45, 7) is 11.4. The molecule has 2 aromatic rings. The van der Waals surface area contributed by atoms with E-state index in [0.717, 1.165) is 60.8 Å². The summed E-state index contributed by atoms with van der Waals surface area (Å²) in [4.78, 5) is 12.6. The van der Waals surface area contributed by atoms with E-state index in [1.165, 1.54) is 4.88 Å². The van der Waals surface area contributed by atoms with Gasteiger partial charge in [0, 0.05) is 31.6 Å². The number of aryl methyl sites for hydroxylation is 2. The lowest BCUT2D eigenvalue weighted by Crippen LogP contribution is -2.36. The maximum Gasteiger partial charge on any atom is 0.191 e. The van der Waals surface area contributed by atoms with Crippen LogP contribution in [0.25, 0.3) is 0 Å². The zero-order valence-electron chi connectivity index (χ0n) is 19.2. The maximum atomic E-state index is 5.90. The molecule has 0 aliphatic carbocycles. The number of ether oxygens (including phenoxy) is 2. The van der Waals surface area contributed by atoms with Crippen molar-refractivity contribution in [2.45, 2.75) is 33.9 Å². The first kappa shape index (κ1) is 27.6. The fourth-order valence-corrected chi connectivity index (χ4v) is 3.70. The SMILES string of the molecule is CCNC(=NCc1cccc(OCCN(C)CCOC)c1)NCc1sc(C)nc1C.I. The van der Waals surface area contributed by atoms with Crippen LogP contribution in [0, 0.1) is 13.8 Å². The van der Waals surface area contributed by atoms with Crippen molar-refractivity contribution in [2.75, 3.05) is 47.0 Å². The lowest BCUT2D eigenvalue weighted by molar-refractivity contribution is 0.150. The molecule has 0 saturated carbocycles. The molecule has 1 aromatic carbocycles. The number of halogens is 1. The molecule has 0 saturated heterocycles. The molecule has 0 spiro atoms. The largest absolute Gasteiger partial charge is 0.492 e. The number of methoxy groups -OCH3 is 1. The maximum absolute atomic E-state index is 5.90. The van der Waals surface area contributed by atoms with Crippen molar-refractivity contribution in [2.24, 2.45) is 4.99 Å². The average molecular weight is 562 g/mol. The van der Waals surface area contributed by atoms with E-state index in [1.807, 2.05) is 26.0 Å². The van der Waals surface area contributed by atoms with Crippen molar-refractivity contribution in [3.63, 3.8) is 0 Å². The topological polar surface area (TPSA) is 71.0 Å². The van der Waals surface area contributed by atoms with Gasteiger partial charge in [0.05, 0.1) is 30.4 Å². The van der Waals surface area contributed by atoms with Crippen LogP contribution in [-0.2, 0) is 17.8 Å². The summed E-state index contributed by atoms with van der Waals surface area (Å²) >= 11 is 1.72. The molecule has 1 heterocycles. The van der Waals surface area contributed by atoms with Crippen LogP contribution in [0.15, 0.2) is 29.3 Å². The quantitative estimate of drug-likeness (QED) is 0.235. The minimum Gasteiger partial charge on any atom is -0.492 e. The summed E-state index contributed by atoms with van der Waals surface area (Å²) in [5.74, 6) is 1.67. The molecule has 0 fully saturated rings. The van der Waals surface area contributed by atoms with Crippen molar-refractivity contribution in [1.29, 1.82) is 0 Å². The summed E-state index contributed by atoms with van der Waals surface area (Å²) in [5, 5.41) is 7.80. The fraction of sp³-hybridized carbons (Fsp3) is 0.545. The van der Waals surface area contributed by atoms with Gasteiger partial charge in [0.1, 0.15) is 12.4 Å². The van der Waals surface area contributed by atoms with Crippen LogP contribution >= 0.6 is 35.3 Å². The van der Waals surface area contributed by atoms with Gasteiger partial charge in [0.25, 0.3) is 0 Å². The summed E-state index contributed by atoms with van der Waals surface area (Å²) in [6.07, 6.45) is 0. The Morgan fingerprint density at radius 1 is 1.19 bits per heavy atom. The number of likely N-dealkylation sites (N-methyl/N-ethyl adjacent to an activating group) is 1. The Morgan fingerprint density at radius 2 is 1.97 bits per heavy atom. The molecule has 0 radical (unpaired) electrons. The number of nitrogens with one attached hydrogen (secondary N) is 2. The number of hydrogen-bond donors (Lipinski definition) is 2. The second-order valence-electron chi connectivity index (χ2n) is 7.08. The fourth-order valence-electron chi connectivity index (χ4n) is 2.83. The van der Waals surface area contributed by atoms with Gasteiger partial charge < -0.3 is 25.0 Å². The second kappa shape index (κ2) is 15.4. The first-order valence-corrected chi connectivity index (χ1v) is 11.2. The van der Waals surface area contributed by atoms with Gasteiger partial charge in [-0.3, -0.25) is 0 Å². The molecule has 7 nitrogen and oxygen atoms in total. The van der Waals surface area contributed by atoms with E-state index in [9.17, 15) is 0 Å². The Kier molecular flexibility index (Phi) is 13.7. The molecule has 0 aliphatic rings. The average Bonchev–Trinajstić information content (AvgIpc) is 3.05. The molecule has 0 unspecified atom stereocenters. The van der Waals surface area contributed by atoms with E-state index in [0.29, 0.717) is 13.2 Å². The molecule has 31 heavy (non-hydrogen) atoms. The predicted octanol–water partition coefficient (Wildman–Crippen LogP) is 3.59. The highest BCUT2D eigenvalue weighted by Crippen LogP contribution is 2.17. The van der Waals surface area contributed by atoms with E-state index in [2.05, 4.69) is 46.6 Å². The number of aromatic nitrogens is 1. The highest BCUT2D eigenvalue weighted by Gasteiger charge is 2.06. The minimum absolute atomic E-state index is 0. The van der Waals surface area contributed by atoms with Gasteiger partial charge in [-0.05, 0) is 45.5 Å². The van der Waals surface area contributed by atoms with E-state index in [4.69, 9.17) is 14.5 Å². The van der Waals surface area contributed by atoms with Crippen LogP contribution in [0.2, 0.25) is 0 Å². The summed E-state index contributed by atoms with van der Waals surface area (Å²) in [7, 11) is 3.79. The predicted molar refractivity (Wildman–Crippen MR) is 140 cm³/mol. The van der Waals surface area contributed by atoms with Crippen molar-refractivity contribution < 1.29 is 9.47 Å². The van der Waals surface area contributed by atoms with E-state index in [-0.39, 0.29) is 24.0 Å². The van der Waals surface area contributed by atoms with Gasteiger partial charge in [-0.15, -0.1) is 35.3 Å². The highest BCUT2D eigenvalue weighted by molar-refractivity contribution is 14.0. The molecule has 0 amide bonds. The number of aliphatic imine (C=N–C) groups is 1. The molecule has 0 atom stereocenters. The van der Waals surface area contributed by atoms with Crippen LogP contribution in [0.1, 0.15) is 28.1 Å². The summed E-state index contributed by atoms with van der Waals surface area (Å²) < 4.78 is 11.0. The zero-order chi connectivity index (χ0) is 21.8. The molecule has 2 rings (SSSR count). The van der Waals surface area contributed by atoms with Gasteiger partial charge in [0.2, 0.25) is 0 Å². The van der Waals surface area contributed by atoms with Gasteiger partial charge in [0.15, 0.2) is 5.96 Å². The Bertz CT molecular complexity index is 800. The first-order chi connectivity index (χ1) is 14.5. The number of hydrogen-bond acceptors (Lipinski definition) is 6. The van der Waals surface area contributed by atoms with E-state index < -0.39 is 0 Å². The Hall–Kier alpha value is -1.43. The van der Waals surface area contributed by atoms with Gasteiger partial charge >= 0.3 is 0 Å². The molecule has 9 heteroatoms. The van der Waals surface area contributed by atoms with Gasteiger partial charge in [-0.25, -0.2) is 9.98 Å². The lowest BCUT2D eigenvalue weighted by Gasteiger charge is -2.16. The third-order valence-electron chi connectivity index (χ3n) is 4.50. The number of thiazole rings is 1. The molecule has 1 aromatic heterocycles. The third-order valence-corrected chi connectivity index (χ3v) is 5.57. The minimum atomic E-state index is 0. The highest BCUT2D eigenvalue weighted by atomic mass is 127. The Balaban J connectivity index is 0.00000480. The van der Waals surface area contributed by atoms with Crippen LogP contribution in [0.3, 0.4) is 0 Å². The molecular formula is C22H36IN5O2S. The van der Waals surface area contributed by atoms with Crippen molar-refractivity contribution in [1.82, 2.24) is 20.5 Å². The van der Waals surface area contributed by atoms with Crippen molar-refractivity contribution in [3.8, 4) is 5.75 Å². The monoisotopic (exact) mass is 561 g/mol. The Labute approximate surface area is 207 Å². The van der Waals surface area contributed by atoms with Crippen LogP contribution in [0.4, 0.5) is 0 Å². The standard InChI is InChI=1S/C22H35N5O2S.HI/c1-6-23-22(25-16-21-17(2)26-18(3)30-21)24-15-19-8-7-9-20(14-19)29-13-11-27(4)10-12-28-5;/h7-9,14H,6,10-13,15-16H2,1-5H3,(H2,23,24,25);1H. The van der Waals surface area contributed by atoms with E-state index >= 15 is 0 Å². The van der Waals surface area contributed by atoms with Crippen molar-refractivity contribution in [3.05, 3.63) is 45.4 Å². The second-order valence-corrected chi connectivity index (χ2v) is 8.37. The molecule has 174 valence electrons. The third kappa shape index (κ3) is 10.6. The van der Waals surface area contributed by atoms with E-state index in [1.54, 1.807) is 18.4 Å². The normalized spacial score (nSPS) is 11.4. The Morgan fingerprint density at radius 3 is 2.65 bits per heavy atom. The smallest absolute Gasteiger partial charge is 0.191 e. The number of guanidine groups is 1. The van der Waals surface area contributed by atoms with Gasteiger partial charge in [-0.1, -0.05) is 12.1 Å². The molecule has 0 aliphatic heterocycles. The number of nitrogens with zero attached hydrogens (tertiary/aromatic N) is 3. The number of benzene rings is 1. The lowest BCUT2D eigenvalue weighted by atomic mass is 10.2. The molecule has 0 bridgehead atoms. The molecule has 2 N–H and O–H groups in total. The molecular weight excluding hydrogens is 525 g/mol. The first-order valence-electron chi connectivity index (χ1n) is 10.4. The van der Waals surface area contributed by atoms with Crippen LogP contribution in [0.5, 0.6) is 5.75 Å². The zero-order valence-corrected chi connectivity index (χ0v) is 22.4. The van der Waals surface area contributed by atoms with Crippen molar-refractivity contribution >= 4 is 41.3 Å². The summed E-state index contributed by atoms with van der Waals surface area (Å²) in [5.41, 5.74) is 2.20. The summed E-state index contributed by atoms with van der Waals surface area (Å²) in [6, 6.07) is 8.12. The van der Waals surface area contributed by atoms with Gasteiger partial charge in [-0.2, -0.15) is 0 Å². The number of rotatable bonds is 12. The van der Waals surface area contributed by atoms with Crippen LogP contribution < -0.4 is 15.4 Å². The van der Waals surface area contributed by atoms with Crippen LogP contribution in [-0.4, -0.2) is 62.8 Å².